The predicted octanol–water partition coefficient (Wildman–Crippen LogP) is 15.5. The highest BCUT2D eigenvalue weighted by atomic mass is 31.1. The van der Waals surface area contributed by atoms with Crippen molar-refractivity contribution in [2.75, 3.05) is 4.90 Å². The number of rotatable bonds is 5. The molecule has 2 heteroatoms. The van der Waals surface area contributed by atoms with E-state index in [9.17, 15) is 0 Å². The standard InChI is InChI=1S/C60H42NP/c1-58(2)49-26-12-7-20-41(49)46-34-32-39(36-54(46)58)61(40-33-35-47-44-23-11-16-30-53(44)60(62-3,55(47)37-40)38-18-5-4-6-19-38)56-31-17-25-48-45-24-10-15-29-52(45)59(57(48)56)50-27-13-8-21-42(50)43-22-9-14-28-51(43)59/h4-37H,3H2,1-2H3. The fraction of sp³-hybridized carbons (Fsp3) is 0.0833. The first kappa shape index (κ1) is 35.7. The zero-order valence-electron chi connectivity index (χ0n) is 34.7. The summed E-state index contributed by atoms with van der Waals surface area (Å²) in [5.74, 6) is 0. The van der Waals surface area contributed by atoms with Gasteiger partial charge < -0.3 is 4.90 Å². The van der Waals surface area contributed by atoms with Gasteiger partial charge in [-0.15, -0.1) is 0 Å². The summed E-state index contributed by atoms with van der Waals surface area (Å²) in [6, 6.07) is 77.9. The van der Waals surface area contributed by atoms with Crippen molar-refractivity contribution in [1.82, 2.24) is 0 Å². The molecule has 0 N–H and O–H groups in total. The monoisotopic (exact) mass is 807 g/mol. The number of nitrogens with zero attached hydrogens (tertiary/aromatic N) is 1. The van der Waals surface area contributed by atoms with Crippen LogP contribution in [0.1, 0.15) is 63.9 Å². The Morgan fingerprint density at radius 1 is 0.371 bits per heavy atom. The Morgan fingerprint density at radius 3 is 1.37 bits per heavy atom. The van der Waals surface area contributed by atoms with Crippen molar-refractivity contribution < 1.29 is 0 Å². The van der Waals surface area contributed by atoms with Gasteiger partial charge in [-0.25, -0.2) is 0 Å². The van der Waals surface area contributed by atoms with Gasteiger partial charge in [0, 0.05) is 22.4 Å². The summed E-state index contributed by atoms with van der Waals surface area (Å²) in [5.41, 5.74) is 25.1. The third kappa shape index (κ3) is 4.36. The second kappa shape index (κ2) is 12.7. The molecule has 0 fully saturated rings. The second-order valence-electron chi connectivity index (χ2n) is 17.8. The third-order valence-electron chi connectivity index (χ3n) is 14.7. The molecule has 0 aromatic heterocycles. The normalized spacial score (nSPS) is 17.1. The molecule has 0 bridgehead atoms. The molecule has 9 aromatic carbocycles. The van der Waals surface area contributed by atoms with Gasteiger partial charge in [-0.1, -0.05) is 204 Å². The minimum atomic E-state index is -0.521. The summed E-state index contributed by atoms with van der Waals surface area (Å²) in [6.45, 7) is 4.77. The molecule has 62 heavy (non-hydrogen) atoms. The molecule has 9 aromatic rings. The molecule has 4 aliphatic carbocycles. The first-order valence-electron chi connectivity index (χ1n) is 21.7. The lowest BCUT2D eigenvalue weighted by molar-refractivity contribution is 0.660. The molecule has 4 aliphatic rings. The van der Waals surface area contributed by atoms with Crippen molar-refractivity contribution in [1.29, 1.82) is 0 Å². The van der Waals surface area contributed by atoms with E-state index >= 15 is 0 Å². The minimum absolute atomic E-state index is 0.165. The average Bonchev–Trinajstić information content (AvgIpc) is 3.98. The van der Waals surface area contributed by atoms with E-state index in [2.05, 4.69) is 225 Å². The van der Waals surface area contributed by atoms with Crippen LogP contribution in [-0.2, 0) is 16.0 Å². The maximum Gasteiger partial charge on any atom is 0.0876 e. The van der Waals surface area contributed by atoms with E-state index in [4.69, 9.17) is 6.30 Å². The lowest BCUT2D eigenvalue weighted by atomic mass is 9.70. The highest BCUT2D eigenvalue weighted by Crippen LogP contribution is 2.66. The maximum atomic E-state index is 4.70. The van der Waals surface area contributed by atoms with Crippen LogP contribution < -0.4 is 4.90 Å². The number of hydrogen-bond donors (Lipinski definition) is 0. The Morgan fingerprint density at radius 2 is 0.790 bits per heavy atom. The molecular formula is C60H42NP. The summed E-state index contributed by atoms with van der Waals surface area (Å²) in [7, 11) is 1.03. The molecule has 0 aliphatic heterocycles. The molecule has 1 unspecified atom stereocenters. The van der Waals surface area contributed by atoms with E-state index in [0.29, 0.717) is 0 Å². The van der Waals surface area contributed by atoms with Crippen LogP contribution in [0.25, 0.3) is 44.5 Å². The molecular weight excluding hydrogens is 766 g/mol. The van der Waals surface area contributed by atoms with Crippen LogP contribution >= 0.6 is 8.20 Å². The largest absolute Gasteiger partial charge is 0.310 e. The zero-order valence-corrected chi connectivity index (χ0v) is 35.6. The number of hydrogen-bond acceptors (Lipinski definition) is 1. The Hall–Kier alpha value is -7.05. The van der Waals surface area contributed by atoms with Crippen molar-refractivity contribution >= 4 is 31.6 Å². The summed E-state index contributed by atoms with van der Waals surface area (Å²) < 4.78 is 0. The van der Waals surface area contributed by atoms with Crippen LogP contribution in [0.4, 0.5) is 17.1 Å². The van der Waals surface area contributed by atoms with Gasteiger partial charge in [0.2, 0.25) is 0 Å². The van der Waals surface area contributed by atoms with Crippen LogP contribution in [0, 0.1) is 0 Å². The van der Waals surface area contributed by atoms with Gasteiger partial charge in [0.25, 0.3) is 0 Å². The molecule has 1 atom stereocenters. The lowest BCUT2D eigenvalue weighted by Crippen LogP contribution is -2.28. The van der Waals surface area contributed by atoms with Crippen LogP contribution in [0.3, 0.4) is 0 Å². The van der Waals surface area contributed by atoms with E-state index in [1.807, 2.05) is 0 Å². The Labute approximate surface area is 365 Å². The molecule has 13 rings (SSSR count). The highest BCUT2D eigenvalue weighted by molar-refractivity contribution is 7.39. The second-order valence-corrected chi connectivity index (χ2v) is 18.8. The molecule has 292 valence electrons. The molecule has 0 saturated heterocycles. The van der Waals surface area contributed by atoms with Gasteiger partial charge in [-0.05, 0) is 119 Å². The highest BCUT2D eigenvalue weighted by Gasteiger charge is 2.53. The van der Waals surface area contributed by atoms with Crippen LogP contribution in [0.15, 0.2) is 206 Å². The van der Waals surface area contributed by atoms with Crippen LogP contribution in [-0.4, -0.2) is 6.30 Å². The van der Waals surface area contributed by atoms with Crippen molar-refractivity contribution in [2.24, 2.45) is 0 Å². The molecule has 0 amide bonds. The number of anilines is 3. The van der Waals surface area contributed by atoms with Gasteiger partial charge in [-0.3, -0.25) is 0 Å². The summed E-state index contributed by atoms with van der Waals surface area (Å²) in [5, 5.41) is -0.435. The first-order chi connectivity index (χ1) is 30.5. The molecule has 0 heterocycles. The predicted molar refractivity (Wildman–Crippen MR) is 261 cm³/mol. The fourth-order valence-electron chi connectivity index (χ4n) is 12.2. The van der Waals surface area contributed by atoms with Crippen molar-refractivity contribution in [3.8, 4) is 44.5 Å². The van der Waals surface area contributed by atoms with Gasteiger partial charge in [0.05, 0.1) is 16.3 Å². The van der Waals surface area contributed by atoms with E-state index in [-0.39, 0.29) is 5.41 Å². The zero-order chi connectivity index (χ0) is 41.4. The quantitative estimate of drug-likeness (QED) is 0.157. The molecule has 0 radical (unpaired) electrons. The number of fused-ring (bicyclic) bond motifs is 16. The summed E-state index contributed by atoms with van der Waals surface area (Å²) in [4.78, 5) is 2.59. The lowest BCUT2D eigenvalue weighted by Gasteiger charge is -2.36. The third-order valence-corrected chi connectivity index (χ3v) is 16.0. The maximum absolute atomic E-state index is 4.70. The topological polar surface area (TPSA) is 3.24 Å². The summed E-state index contributed by atoms with van der Waals surface area (Å²) in [6.07, 6.45) is 4.70. The van der Waals surface area contributed by atoms with Gasteiger partial charge in [-0.2, -0.15) is 0 Å². The Bertz CT molecular complexity index is 3310. The van der Waals surface area contributed by atoms with Crippen molar-refractivity contribution in [2.45, 2.75) is 29.8 Å². The SMILES string of the molecule is C=PC1(c2ccccc2)c2ccccc2-c2ccc(N(c3ccc4c(c3)C(C)(C)c3ccccc3-4)c3cccc4c3C3(c5ccccc5-c5ccccc53)c3ccccc3-4)cc21. The average molecular weight is 808 g/mol. The number of benzene rings is 9. The smallest absolute Gasteiger partial charge is 0.0876 e. The van der Waals surface area contributed by atoms with E-state index in [0.717, 1.165) is 19.6 Å². The van der Waals surface area contributed by atoms with Gasteiger partial charge in [0.1, 0.15) is 0 Å². The Kier molecular flexibility index (Phi) is 7.33. The van der Waals surface area contributed by atoms with Crippen LogP contribution in [0.5, 0.6) is 0 Å². The molecule has 1 nitrogen and oxygen atoms in total. The van der Waals surface area contributed by atoms with E-state index in [1.165, 1.54) is 100 Å². The van der Waals surface area contributed by atoms with Crippen LogP contribution in [0.2, 0.25) is 0 Å². The van der Waals surface area contributed by atoms with E-state index in [1.54, 1.807) is 0 Å². The van der Waals surface area contributed by atoms with Gasteiger partial charge in [0.15, 0.2) is 0 Å². The Balaban J connectivity index is 1.14. The summed E-state index contributed by atoms with van der Waals surface area (Å²) >= 11 is 0. The fourth-order valence-corrected chi connectivity index (χ4v) is 13.3. The van der Waals surface area contributed by atoms with Crippen molar-refractivity contribution in [3.63, 3.8) is 0 Å². The first-order valence-corrected chi connectivity index (χ1v) is 22.8. The van der Waals surface area contributed by atoms with Gasteiger partial charge >= 0.3 is 0 Å². The minimum Gasteiger partial charge on any atom is -0.310 e. The molecule has 1 spiro atoms. The van der Waals surface area contributed by atoms with Crippen molar-refractivity contribution in [3.05, 3.63) is 256 Å². The van der Waals surface area contributed by atoms with E-state index < -0.39 is 10.6 Å². The molecule has 0 saturated carbocycles.